The molecule has 0 aromatic carbocycles. The maximum absolute atomic E-state index is 4.25. The molecule has 0 aliphatic carbocycles. The summed E-state index contributed by atoms with van der Waals surface area (Å²) in [4.78, 5) is 4.25. The van der Waals surface area contributed by atoms with Crippen LogP contribution < -0.4 is 5.32 Å². The van der Waals surface area contributed by atoms with Crippen LogP contribution in [0.25, 0.3) is 5.65 Å². The second-order valence-corrected chi connectivity index (χ2v) is 2.88. The summed E-state index contributed by atoms with van der Waals surface area (Å²) in [6, 6.07) is 4.05. The molecule has 4 nitrogen and oxygen atoms in total. The van der Waals surface area contributed by atoms with Gasteiger partial charge in [0.2, 0.25) is 5.95 Å². The number of nitrogens with zero attached hydrogens (tertiary/aromatic N) is 3. The van der Waals surface area contributed by atoms with Gasteiger partial charge >= 0.3 is 0 Å². The maximum atomic E-state index is 4.25. The average molecular weight is 176 g/mol. The number of hydrogen-bond acceptors (Lipinski definition) is 3. The topological polar surface area (TPSA) is 42.2 Å². The summed E-state index contributed by atoms with van der Waals surface area (Å²) < 4.78 is 1.80. The van der Waals surface area contributed by atoms with Crippen molar-refractivity contribution in [2.24, 2.45) is 0 Å². The number of nitrogens with one attached hydrogen (secondary N) is 1. The lowest BCUT2D eigenvalue weighted by molar-refractivity contribution is 0.937. The second-order valence-electron chi connectivity index (χ2n) is 2.88. The van der Waals surface area contributed by atoms with E-state index in [1.165, 1.54) is 5.56 Å². The molecule has 0 spiro atoms. The third-order valence-electron chi connectivity index (χ3n) is 2.02. The first-order valence-electron chi connectivity index (χ1n) is 4.36. The van der Waals surface area contributed by atoms with Gasteiger partial charge in [0.15, 0.2) is 5.65 Å². The number of rotatable bonds is 2. The van der Waals surface area contributed by atoms with E-state index in [4.69, 9.17) is 0 Å². The van der Waals surface area contributed by atoms with Crippen LogP contribution in [-0.4, -0.2) is 21.6 Å². The highest BCUT2D eigenvalue weighted by Crippen LogP contribution is 2.07. The molecular formula is C9H12N4. The average Bonchev–Trinajstić information content (AvgIpc) is 2.58. The molecule has 0 saturated carbocycles. The number of aromatic nitrogens is 3. The molecule has 0 aliphatic rings. The zero-order valence-corrected chi connectivity index (χ0v) is 7.78. The van der Waals surface area contributed by atoms with E-state index in [1.807, 2.05) is 19.3 Å². The minimum absolute atomic E-state index is 0.660. The number of aryl methyl sites for hydroxylation is 1. The van der Waals surface area contributed by atoms with E-state index < -0.39 is 0 Å². The van der Waals surface area contributed by atoms with E-state index >= 15 is 0 Å². The Morgan fingerprint density at radius 3 is 3.00 bits per heavy atom. The van der Waals surface area contributed by atoms with Gasteiger partial charge in [0.1, 0.15) is 0 Å². The van der Waals surface area contributed by atoms with Gasteiger partial charge in [0, 0.05) is 13.2 Å². The van der Waals surface area contributed by atoms with Gasteiger partial charge in [0.25, 0.3) is 0 Å². The van der Waals surface area contributed by atoms with Gasteiger partial charge < -0.3 is 5.32 Å². The summed E-state index contributed by atoms with van der Waals surface area (Å²) in [5, 5.41) is 7.15. The fourth-order valence-corrected chi connectivity index (χ4v) is 1.24. The Balaban J connectivity index is 2.57. The zero-order valence-electron chi connectivity index (χ0n) is 7.78. The van der Waals surface area contributed by atoms with Crippen molar-refractivity contribution < 1.29 is 0 Å². The molecule has 0 atom stereocenters. The van der Waals surface area contributed by atoms with Crippen LogP contribution in [0.4, 0.5) is 5.95 Å². The smallest absolute Gasteiger partial charge is 0.242 e. The van der Waals surface area contributed by atoms with Crippen LogP contribution in [0.2, 0.25) is 0 Å². The van der Waals surface area contributed by atoms with Gasteiger partial charge in [-0.1, -0.05) is 13.0 Å². The van der Waals surface area contributed by atoms with E-state index in [1.54, 1.807) is 4.52 Å². The molecule has 2 heterocycles. The lowest BCUT2D eigenvalue weighted by Gasteiger charge is -1.95. The van der Waals surface area contributed by atoms with Crippen molar-refractivity contribution in [1.29, 1.82) is 0 Å². The van der Waals surface area contributed by atoms with E-state index in [-0.39, 0.29) is 0 Å². The fraction of sp³-hybridized carbons (Fsp3) is 0.333. The zero-order chi connectivity index (χ0) is 9.26. The summed E-state index contributed by atoms with van der Waals surface area (Å²) in [5.41, 5.74) is 2.14. The van der Waals surface area contributed by atoms with Gasteiger partial charge in [-0.25, -0.2) is 4.52 Å². The Morgan fingerprint density at radius 2 is 2.31 bits per heavy atom. The molecule has 0 saturated heterocycles. The van der Waals surface area contributed by atoms with Crippen LogP contribution in [-0.2, 0) is 6.42 Å². The normalized spacial score (nSPS) is 10.6. The highest BCUT2D eigenvalue weighted by molar-refractivity contribution is 5.43. The Morgan fingerprint density at radius 1 is 1.46 bits per heavy atom. The minimum Gasteiger partial charge on any atom is -0.356 e. The highest BCUT2D eigenvalue weighted by Gasteiger charge is 2.00. The van der Waals surface area contributed by atoms with Gasteiger partial charge in [-0.3, -0.25) is 0 Å². The molecule has 0 unspecified atom stereocenters. The van der Waals surface area contributed by atoms with Crippen molar-refractivity contribution in [3.8, 4) is 0 Å². The molecule has 0 amide bonds. The molecular weight excluding hydrogens is 164 g/mol. The van der Waals surface area contributed by atoms with Crippen LogP contribution >= 0.6 is 0 Å². The SMILES string of the molecule is CCc1ccc2nc(NC)nn2c1. The Kier molecular flexibility index (Phi) is 1.88. The van der Waals surface area contributed by atoms with Gasteiger partial charge in [-0.15, -0.1) is 5.10 Å². The van der Waals surface area contributed by atoms with Crippen LogP contribution in [0.1, 0.15) is 12.5 Å². The number of pyridine rings is 1. The summed E-state index contributed by atoms with van der Waals surface area (Å²) in [5.74, 6) is 0.660. The first-order chi connectivity index (χ1) is 6.33. The summed E-state index contributed by atoms with van der Waals surface area (Å²) in [6.45, 7) is 2.12. The molecule has 68 valence electrons. The molecule has 2 aromatic rings. The summed E-state index contributed by atoms with van der Waals surface area (Å²) in [7, 11) is 1.81. The van der Waals surface area contributed by atoms with Gasteiger partial charge in [-0.2, -0.15) is 4.98 Å². The first-order valence-corrected chi connectivity index (χ1v) is 4.36. The lowest BCUT2D eigenvalue weighted by atomic mass is 10.2. The Labute approximate surface area is 76.6 Å². The van der Waals surface area contributed by atoms with Crippen molar-refractivity contribution >= 4 is 11.6 Å². The molecule has 2 aromatic heterocycles. The number of fused-ring (bicyclic) bond motifs is 1. The van der Waals surface area contributed by atoms with E-state index in [2.05, 4.69) is 28.4 Å². The summed E-state index contributed by atoms with van der Waals surface area (Å²) >= 11 is 0. The van der Waals surface area contributed by atoms with Crippen LogP contribution in [0.15, 0.2) is 18.3 Å². The van der Waals surface area contributed by atoms with E-state index in [0.29, 0.717) is 5.95 Å². The maximum Gasteiger partial charge on any atom is 0.242 e. The van der Waals surface area contributed by atoms with Crippen LogP contribution in [0.5, 0.6) is 0 Å². The van der Waals surface area contributed by atoms with Crippen molar-refractivity contribution in [2.45, 2.75) is 13.3 Å². The number of hydrogen-bond donors (Lipinski definition) is 1. The van der Waals surface area contributed by atoms with Gasteiger partial charge in [0.05, 0.1) is 0 Å². The fourth-order valence-electron chi connectivity index (χ4n) is 1.24. The molecule has 0 fully saturated rings. The summed E-state index contributed by atoms with van der Waals surface area (Å²) in [6.07, 6.45) is 3.02. The van der Waals surface area contributed by atoms with Crippen LogP contribution in [0.3, 0.4) is 0 Å². The Hall–Kier alpha value is -1.58. The predicted octanol–water partition coefficient (Wildman–Crippen LogP) is 1.33. The quantitative estimate of drug-likeness (QED) is 0.750. The predicted molar refractivity (Wildman–Crippen MR) is 51.9 cm³/mol. The van der Waals surface area contributed by atoms with Crippen molar-refractivity contribution in [3.63, 3.8) is 0 Å². The van der Waals surface area contributed by atoms with E-state index in [0.717, 1.165) is 12.1 Å². The monoisotopic (exact) mass is 176 g/mol. The molecule has 2 rings (SSSR count). The van der Waals surface area contributed by atoms with Crippen molar-refractivity contribution in [3.05, 3.63) is 23.9 Å². The van der Waals surface area contributed by atoms with Crippen molar-refractivity contribution in [1.82, 2.24) is 14.6 Å². The largest absolute Gasteiger partial charge is 0.356 e. The minimum atomic E-state index is 0.660. The Bertz CT molecular complexity index is 416. The highest BCUT2D eigenvalue weighted by atomic mass is 15.3. The molecule has 0 radical (unpaired) electrons. The standard InChI is InChI=1S/C9H12N4/c1-3-7-4-5-8-11-9(10-2)12-13(8)6-7/h4-6H,3H2,1-2H3,(H,10,12). The first kappa shape index (κ1) is 8.04. The third-order valence-corrected chi connectivity index (χ3v) is 2.02. The lowest BCUT2D eigenvalue weighted by Crippen LogP contribution is -1.92. The molecule has 4 heteroatoms. The van der Waals surface area contributed by atoms with Gasteiger partial charge in [-0.05, 0) is 18.1 Å². The molecule has 13 heavy (non-hydrogen) atoms. The third kappa shape index (κ3) is 1.35. The molecule has 0 bridgehead atoms. The van der Waals surface area contributed by atoms with Crippen LogP contribution in [0, 0.1) is 0 Å². The molecule has 0 aliphatic heterocycles. The number of anilines is 1. The van der Waals surface area contributed by atoms with E-state index in [9.17, 15) is 0 Å². The molecule has 1 N–H and O–H groups in total. The van der Waals surface area contributed by atoms with Crippen molar-refractivity contribution in [2.75, 3.05) is 12.4 Å². The second kappa shape index (κ2) is 3.05.